The van der Waals surface area contributed by atoms with E-state index in [1.165, 1.54) is 6.33 Å². The number of aromatic amines is 1. The summed E-state index contributed by atoms with van der Waals surface area (Å²) in [7, 11) is 0. The highest BCUT2D eigenvalue weighted by molar-refractivity contribution is 5.67. The lowest BCUT2D eigenvalue weighted by molar-refractivity contribution is 0.686. The van der Waals surface area contributed by atoms with E-state index in [-0.39, 0.29) is 5.48 Å². The fourth-order valence-electron chi connectivity index (χ4n) is 0.691. The van der Waals surface area contributed by atoms with Gasteiger partial charge in [-0.1, -0.05) is 0 Å². The maximum atomic E-state index is 3.91. The molecule has 2 radical (unpaired) electrons. The van der Waals surface area contributed by atoms with Gasteiger partial charge in [0.15, 0.2) is 5.65 Å². The first-order valence-corrected chi connectivity index (χ1v) is 2.56. The lowest BCUT2D eigenvalue weighted by atomic mass is 10.6. The molecular formula is C5H4N4O. The molecule has 0 saturated heterocycles. The summed E-state index contributed by atoms with van der Waals surface area (Å²) in [5.74, 6) is 0. The summed E-state index contributed by atoms with van der Waals surface area (Å²) in [4.78, 5) is 14.5. The fraction of sp³-hybridized carbons (Fsp3) is 0. The van der Waals surface area contributed by atoms with Gasteiger partial charge in [0.2, 0.25) is 0 Å². The average molecular weight is 136 g/mol. The van der Waals surface area contributed by atoms with E-state index in [2.05, 4.69) is 19.9 Å². The molecule has 0 unspecified atom stereocenters. The van der Waals surface area contributed by atoms with Crippen molar-refractivity contribution < 1.29 is 5.48 Å². The second-order valence-electron chi connectivity index (χ2n) is 1.66. The van der Waals surface area contributed by atoms with Gasteiger partial charge in [-0.2, -0.15) is 0 Å². The van der Waals surface area contributed by atoms with E-state index < -0.39 is 0 Å². The molecule has 10 heavy (non-hydrogen) atoms. The van der Waals surface area contributed by atoms with Crippen LogP contribution in [-0.4, -0.2) is 19.9 Å². The SMILES string of the molecule is [O].c1ncc2[nH]cnc2n1. The standard InChI is InChI=1S/C5H4N4.O/c1-4-5(8-2-6-1)9-3-7-4;/h1-3H,(H,6,7,8,9);. The van der Waals surface area contributed by atoms with Crippen LogP contribution in [0.1, 0.15) is 0 Å². The number of nitrogens with one attached hydrogen (secondary N) is 1. The van der Waals surface area contributed by atoms with Gasteiger partial charge in [0.25, 0.3) is 0 Å². The zero-order valence-corrected chi connectivity index (χ0v) is 4.98. The summed E-state index contributed by atoms with van der Waals surface area (Å²) in [5, 5.41) is 0. The van der Waals surface area contributed by atoms with Crippen molar-refractivity contribution in [1.29, 1.82) is 0 Å². The van der Waals surface area contributed by atoms with Gasteiger partial charge in [0, 0.05) is 5.48 Å². The van der Waals surface area contributed by atoms with E-state index in [0.717, 1.165) is 5.52 Å². The Morgan fingerprint density at radius 2 is 2.20 bits per heavy atom. The summed E-state index contributed by atoms with van der Waals surface area (Å²) >= 11 is 0. The third-order valence-corrected chi connectivity index (χ3v) is 1.10. The van der Waals surface area contributed by atoms with Crippen LogP contribution >= 0.6 is 0 Å². The second kappa shape index (κ2) is 2.40. The molecule has 0 atom stereocenters. The monoisotopic (exact) mass is 136 g/mol. The van der Waals surface area contributed by atoms with Gasteiger partial charge < -0.3 is 4.98 Å². The van der Waals surface area contributed by atoms with E-state index in [1.807, 2.05) is 0 Å². The highest BCUT2D eigenvalue weighted by Gasteiger charge is 1.91. The molecule has 1 N–H and O–H groups in total. The first-order valence-electron chi connectivity index (χ1n) is 2.56. The lowest BCUT2D eigenvalue weighted by Gasteiger charge is -1.80. The minimum atomic E-state index is 0. The molecule has 0 fully saturated rings. The van der Waals surface area contributed by atoms with Crippen molar-refractivity contribution in [3.63, 3.8) is 0 Å². The highest BCUT2D eigenvalue weighted by atomic mass is 16.0. The van der Waals surface area contributed by atoms with Gasteiger partial charge in [0.05, 0.1) is 12.5 Å². The van der Waals surface area contributed by atoms with Crippen molar-refractivity contribution >= 4 is 11.2 Å². The summed E-state index contributed by atoms with van der Waals surface area (Å²) in [6.07, 6.45) is 4.76. The molecule has 0 saturated carbocycles. The van der Waals surface area contributed by atoms with E-state index >= 15 is 0 Å². The van der Waals surface area contributed by atoms with Crippen LogP contribution in [0.5, 0.6) is 0 Å². The predicted molar refractivity (Wildman–Crippen MR) is 32.4 cm³/mol. The maximum Gasteiger partial charge on any atom is 0.180 e. The van der Waals surface area contributed by atoms with E-state index in [0.29, 0.717) is 5.65 Å². The van der Waals surface area contributed by atoms with E-state index in [9.17, 15) is 0 Å². The molecule has 0 aromatic carbocycles. The molecule has 0 aliphatic rings. The van der Waals surface area contributed by atoms with Gasteiger partial charge in [-0.3, -0.25) is 0 Å². The quantitative estimate of drug-likeness (QED) is 0.562. The van der Waals surface area contributed by atoms with Crippen LogP contribution in [0.15, 0.2) is 18.9 Å². The Labute approximate surface area is 56.5 Å². The highest BCUT2D eigenvalue weighted by Crippen LogP contribution is 1.99. The van der Waals surface area contributed by atoms with Crippen molar-refractivity contribution in [3.8, 4) is 0 Å². The summed E-state index contributed by atoms with van der Waals surface area (Å²) in [6, 6.07) is 0. The first-order chi connectivity index (χ1) is 4.47. The Morgan fingerprint density at radius 1 is 1.30 bits per heavy atom. The molecule has 50 valence electrons. The number of nitrogens with zero attached hydrogens (tertiary/aromatic N) is 3. The van der Waals surface area contributed by atoms with Gasteiger partial charge in [-0.15, -0.1) is 0 Å². The van der Waals surface area contributed by atoms with Crippen LogP contribution in [0.4, 0.5) is 0 Å². The molecule has 0 aliphatic carbocycles. The largest absolute Gasteiger partial charge is 0.342 e. The lowest BCUT2D eigenvalue weighted by Crippen LogP contribution is -1.76. The Balaban J connectivity index is 0.000000500. The number of H-pyrrole nitrogens is 1. The van der Waals surface area contributed by atoms with Crippen molar-refractivity contribution in [2.24, 2.45) is 0 Å². The van der Waals surface area contributed by atoms with Gasteiger partial charge >= 0.3 is 0 Å². The first kappa shape index (κ1) is 6.63. The van der Waals surface area contributed by atoms with Gasteiger partial charge in [-0.05, 0) is 0 Å². The number of aromatic nitrogens is 4. The van der Waals surface area contributed by atoms with Crippen LogP contribution in [0.2, 0.25) is 0 Å². The van der Waals surface area contributed by atoms with Gasteiger partial charge in [0.1, 0.15) is 11.8 Å². The number of hydrogen-bond acceptors (Lipinski definition) is 3. The Morgan fingerprint density at radius 3 is 3.00 bits per heavy atom. The van der Waals surface area contributed by atoms with E-state index in [1.54, 1.807) is 12.5 Å². The molecule has 2 aromatic rings. The number of rotatable bonds is 0. The number of imidazole rings is 1. The number of hydrogen-bond donors (Lipinski definition) is 1. The molecule has 2 heterocycles. The smallest absolute Gasteiger partial charge is 0.180 e. The Hall–Kier alpha value is -1.49. The zero-order valence-electron chi connectivity index (χ0n) is 4.98. The van der Waals surface area contributed by atoms with Crippen molar-refractivity contribution in [3.05, 3.63) is 18.9 Å². The molecule has 5 heteroatoms. The van der Waals surface area contributed by atoms with E-state index in [4.69, 9.17) is 0 Å². The van der Waals surface area contributed by atoms with Crippen LogP contribution in [0, 0.1) is 0 Å². The maximum absolute atomic E-state index is 3.91. The predicted octanol–water partition coefficient (Wildman–Crippen LogP) is 0.234. The van der Waals surface area contributed by atoms with Crippen LogP contribution in [-0.2, 0) is 5.48 Å². The molecular weight excluding hydrogens is 132 g/mol. The summed E-state index contributed by atoms with van der Waals surface area (Å²) in [6.45, 7) is 0. The molecule has 0 spiro atoms. The topological polar surface area (TPSA) is 83.0 Å². The molecule has 5 nitrogen and oxygen atoms in total. The number of fused-ring (bicyclic) bond motifs is 1. The molecule has 2 rings (SSSR count). The molecule has 0 aliphatic heterocycles. The third-order valence-electron chi connectivity index (χ3n) is 1.10. The van der Waals surface area contributed by atoms with Crippen LogP contribution in [0.3, 0.4) is 0 Å². The summed E-state index contributed by atoms with van der Waals surface area (Å²) < 4.78 is 0. The van der Waals surface area contributed by atoms with Crippen LogP contribution in [0.25, 0.3) is 11.2 Å². The normalized spacial score (nSPS) is 9.20. The molecule has 0 amide bonds. The van der Waals surface area contributed by atoms with Crippen molar-refractivity contribution in [2.75, 3.05) is 0 Å². The minimum absolute atomic E-state index is 0. The van der Waals surface area contributed by atoms with Gasteiger partial charge in [-0.25, -0.2) is 15.0 Å². The Kier molecular flexibility index (Phi) is 1.59. The summed E-state index contributed by atoms with van der Waals surface area (Å²) in [5.41, 5.74) is 1.59. The average Bonchev–Trinajstić information content (AvgIpc) is 2.33. The van der Waals surface area contributed by atoms with Crippen molar-refractivity contribution in [2.45, 2.75) is 0 Å². The molecule has 2 aromatic heterocycles. The van der Waals surface area contributed by atoms with Crippen LogP contribution < -0.4 is 0 Å². The van der Waals surface area contributed by atoms with Crippen molar-refractivity contribution in [1.82, 2.24) is 19.9 Å². The second-order valence-corrected chi connectivity index (χ2v) is 1.66. The Bertz CT molecular complexity index is 288. The molecule has 0 bridgehead atoms. The third kappa shape index (κ3) is 0.822. The minimum Gasteiger partial charge on any atom is -0.342 e. The fourth-order valence-corrected chi connectivity index (χ4v) is 0.691. The zero-order chi connectivity index (χ0) is 6.10.